The fraction of sp³-hybridized carbons (Fsp3) is 0.364. The smallest absolute Gasteiger partial charge is 0.192 e. The van der Waals surface area contributed by atoms with Crippen molar-refractivity contribution in [3.8, 4) is 0 Å². The second-order valence-electron chi connectivity index (χ2n) is 7.60. The molecule has 3 aromatic heterocycles. The number of benzene rings is 1. The third-order valence-corrected chi connectivity index (χ3v) is 6.65. The van der Waals surface area contributed by atoms with E-state index in [1.54, 1.807) is 10.8 Å². The van der Waals surface area contributed by atoms with Gasteiger partial charge in [-0.15, -0.1) is 16.4 Å². The van der Waals surface area contributed by atoms with Crippen LogP contribution in [0.1, 0.15) is 53.6 Å². The molecule has 29 heavy (non-hydrogen) atoms. The molecule has 0 fully saturated rings. The first-order valence-electron chi connectivity index (χ1n) is 10.1. The lowest BCUT2D eigenvalue weighted by atomic mass is 10.1. The standard InChI is InChI=1S/C22H23N5OS/c1-14-8-10-16(11-9-14)15(2)26-28-12-19-24-21-20-17-6-4-3-5-7-18(17)29-22(20)23-13-27(21)25-19/h8-11,13H,3-7,12H2,1-2H3. The zero-order valence-electron chi connectivity index (χ0n) is 16.7. The van der Waals surface area contributed by atoms with Crippen LogP contribution in [-0.4, -0.2) is 25.3 Å². The first kappa shape index (κ1) is 18.2. The monoisotopic (exact) mass is 405 g/mol. The second kappa shape index (κ2) is 7.55. The molecule has 0 unspecified atom stereocenters. The maximum absolute atomic E-state index is 5.55. The Morgan fingerprint density at radius 2 is 2.00 bits per heavy atom. The summed E-state index contributed by atoms with van der Waals surface area (Å²) in [7, 11) is 0. The Kier molecular flexibility index (Phi) is 4.75. The first-order valence-corrected chi connectivity index (χ1v) is 10.9. The summed E-state index contributed by atoms with van der Waals surface area (Å²) in [5.74, 6) is 0.619. The Hall–Kier alpha value is -2.80. The summed E-state index contributed by atoms with van der Waals surface area (Å²) in [6.45, 7) is 4.24. The van der Waals surface area contributed by atoms with Crippen LogP contribution in [0.25, 0.3) is 15.9 Å². The number of oxime groups is 1. The summed E-state index contributed by atoms with van der Waals surface area (Å²) in [5.41, 5.74) is 5.41. The number of hydrogen-bond acceptors (Lipinski definition) is 6. The maximum atomic E-state index is 5.55. The molecule has 1 aromatic carbocycles. The van der Waals surface area contributed by atoms with Crippen molar-refractivity contribution in [2.45, 2.75) is 52.6 Å². The SMILES string of the molecule is CC(=NOCc1nc2c3c4c(sc3ncn2n1)CCCCC4)c1ccc(C)cc1. The minimum Gasteiger partial charge on any atom is -0.387 e. The number of rotatable bonds is 4. The molecule has 0 spiro atoms. The molecule has 148 valence electrons. The Balaban J connectivity index is 1.41. The van der Waals surface area contributed by atoms with E-state index in [-0.39, 0.29) is 6.61 Å². The van der Waals surface area contributed by atoms with E-state index in [4.69, 9.17) is 9.82 Å². The summed E-state index contributed by atoms with van der Waals surface area (Å²) < 4.78 is 1.77. The predicted octanol–water partition coefficient (Wildman–Crippen LogP) is 4.86. The number of aromatic nitrogens is 4. The Morgan fingerprint density at radius 3 is 2.86 bits per heavy atom. The van der Waals surface area contributed by atoms with Gasteiger partial charge in [-0.25, -0.2) is 14.5 Å². The van der Waals surface area contributed by atoms with Gasteiger partial charge in [-0.3, -0.25) is 0 Å². The Bertz CT molecular complexity index is 1210. The average molecular weight is 406 g/mol. The van der Waals surface area contributed by atoms with E-state index in [0.29, 0.717) is 5.82 Å². The molecule has 3 heterocycles. The molecule has 0 radical (unpaired) electrons. The van der Waals surface area contributed by atoms with Gasteiger partial charge in [0.05, 0.1) is 11.1 Å². The van der Waals surface area contributed by atoms with E-state index in [0.717, 1.165) is 34.6 Å². The number of thiophene rings is 1. The molecule has 5 rings (SSSR count). The van der Waals surface area contributed by atoms with Crippen LogP contribution < -0.4 is 0 Å². The number of hydrogen-bond donors (Lipinski definition) is 0. The molecular formula is C22H23N5OS. The van der Waals surface area contributed by atoms with E-state index in [2.05, 4.69) is 34.3 Å². The molecule has 0 aliphatic heterocycles. The molecule has 0 atom stereocenters. The fourth-order valence-corrected chi connectivity index (χ4v) is 5.09. The van der Waals surface area contributed by atoms with Crippen LogP contribution in [0, 0.1) is 6.92 Å². The van der Waals surface area contributed by atoms with Gasteiger partial charge in [0, 0.05) is 4.88 Å². The number of aryl methyl sites for hydroxylation is 3. The molecule has 0 N–H and O–H groups in total. The van der Waals surface area contributed by atoms with E-state index in [9.17, 15) is 0 Å². The lowest BCUT2D eigenvalue weighted by Crippen LogP contribution is -1.98. The molecular weight excluding hydrogens is 382 g/mol. The zero-order chi connectivity index (χ0) is 19.8. The van der Waals surface area contributed by atoms with Gasteiger partial charge in [-0.2, -0.15) is 0 Å². The molecule has 0 saturated carbocycles. The predicted molar refractivity (Wildman–Crippen MR) is 116 cm³/mol. The molecule has 4 aromatic rings. The summed E-state index contributed by atoms with van der Waals surface area (Å²) in [4.78, 5) is 17.5. The van der Waals surface area contributed by atoms with Gasteiger partial charge in [-0.05, 0) is 50.7 Å². The Labute approximate surface area is 173 Å². The quantitative estimate of drug-likeness (QED) is 0.276. The summed E-state index contributed by atoms with van der Waals surface area (Å²) in [6.07, 6.45) is 7.81. The van der Waals surface area contributed by atoms with Crippen molar-refractivity contribution in [2.24, 2.45) is 5.16 Å². The van der Waals surface area contributed by atoms with Crippen molar-refractivity contribution in [2.75, 3.05) is 0 Å². The second-order valence-corrected chi connectivity index (χ2v) is 8.69. The van der Waals surface area contributed by atoms with Gasteiger partial charge < -0.3 is 4.84 Å². The Morgan fingerprint density at radius 1 is 1.17 bits per heavy atom. The number of nitrogens with zero attached hydrogens (tertiary/aromatic N) is 5. The van der Waals surface area contributed by atoms with Crippen molar-refractivity contribution >= 4 is 32.9 Å². The van der Waals surface area contributed by atoms with Crippen LogP contribution in [0.4, 0.5) is 0 Å². The molecule has 7 heteroatoms. The lowest BCUT2D eigenvalue weighted by Gasteiger charge is -2.01. The van der Waals surface area contributed by atoms with E-state index >= 15 is 0 Å². The van der Waals surface area contributed by atoms with Crippen LogP contribution in [-0.2, 0) is 24.3 Å². The van der Waals surface area contributed by atoms with Crippen molar-refractivity contribution in [1.29, 1.82) is 0 Å². The van der Waals surface area contributed by atoms with Crippen LogP contribution in [0.3, 0.4) is 0 Å². The van der Waals surface area contributed by atoms with Gasteiger partial charge in [0.1, 0.15) is 11.2 Å². The lowest BCUT2D eigenvalue weighted by molar-refractivity contribution is 0.125. The third kappa shape index (κ3) is 3.51. The molecule has 6 nitrogen and oxygen atoms in total. The van der Waals surface area contributed by atoms with E-state index in [1.165, 1.54) is 40.7 Å². The van der Waals surface area contributed by atoms with Gasteiger partial charge >= 0.3 is 0 Å². The molecule has 0 saturated heterocycles. The van der Waals surface area contributed by atoms with Crippen LogP contribution in [0.15, 0.2) is 35.7 Å². The highest BCUT2D eigenvalue weighted by Gasteiger charge is 2.20. The van der Waals surface area contributed by atoms with Crippen molar-refractivity contribution in [3.05, 3.63) is 58.0 Å². The zero-order valence-corrected chi connectivity index (χ0v) is 17.5. The van der Waals surface area contributed by atoms with Crippen LogP contribution in [0.2, 0.25) is 0 Å². The van der Waals surface area contributed by atoms with E-state index < -0.39 is 0 Å². The summed E-state index contributed by atoms with van der Waals surface area (Å²) in [6, 6.07) is 8.23. The summed E-state index contributed by atoms with van der Waals surface area (Å²) in [5, 5.41) is 9.96. The van der Waals surface area contributed by atoms with Gasteiger partial charge in [-0.1, -0.05) is 41.4 Å². The van der Waals surface area contributed by atoms with Crippen LogP contribution >= 0.6 is 11.3 Å². The van der Waals surface area contributed by atoms with Crippen molar-refractivity contribution < 1.29 is 4.84 Å². The highest BCUT2D eigenvalue weighted by molar-refractivity contribution is 7.19. The molecule has 1 aliphatic rings. The average Bonchev–Trinajstić information content (AvgIpc) is 3.21. The van der Waals surface area contributed by atoms with Crippen molar-refractivity contribution in [1.82, 2.24) is 19.6 Å². The highest BCUT2D eigenvalue weighted by Crippen LogP contribution is 2.36. The van der Waals surface area contributed by atoms with Gasteiger partial charge in [0.25, 0.3) is 0 Å². The highest BCUT2D eigenvalue weighted by atomic mass is 32.1. The molecule has 0 bridgehead atoms. The van der Waals surface area contributed by atoms with Gasteiger partial charge in [0.2, 0.25) is 0 Å². The number of fused-ring (bicyclic) bond motifs is 5. The molecule has 1 aliphatic carbocycles. The minimum atomic E-state index is 0.235. The van der Waals surface area contributed by atoms with E-state index in [1.807, 2.05) is 30.4 Å². The van der Waals surface area contributed by atoms with Gasteiger partial charge in [0.15, 0.2) is 18.1 Å². The van der Waals surface area contributed by atoms with Crippen molar-refractivity contribution in [3.63, 3.8) is 0 Å². The molecule has 0 amide bonds. The third-order valence-electron chi connectivity index (χ3n) is 5.45. The summed E-state index contributed by atoms with van der Waals surface area (Å²) >= 11 is 1.81. The maximum Gasteiger partial charge on any atom is 0.192 e. The van der Waals surface area contributed by atoms with Crippen LogP contribution in [0.5, 0.6) is 0 Å². The fourth-order valence-electron chi connectivity index (χ4n) is 3.87. The normalized spacial score (nSPS) is 14.9. The largest absolute Gasteiger partial charge is 0.387 e. The minimum absolute atomic E-state index is 0.235. The first-order chi connectivity index (χ1) is 14.2. The topological polar surface area (TPSA) is 64.7 Å².